The summed E-state index contributed by atoms with van der Waals surface area (Å²) in [7, 11) is 0. The number of β-amino-alcohol motifs (C(OH)–C–C–N with tert-alkyl or cyclic N) is 1. The van der Waals surface area contributed by atoms with Crippen molar-refractivity contribution in [1.29, 1.82) is 0 Å². The lowest BCUT2D eigenvalue weighted by Gasteiger charge is -2.41. The van der Waals surface area contributed by atoms with Crippen molar-refractivity contribution in [3.63, 3.8) is 0 Å². The summed E-state index contributed by atoms with van der Waals surface area (Å²) in [6.45, 7) is 4.09. The van der Waals surface area contributed by atoms with Gasteiger partial charge in [0.25, 0.3) is 0 Å². The molecule has 1 aromatic carbocycles. The van der Waals surface area contributed by atoms with Gasteiger partial charge in [0.15, 0.2) is 0 Å². The van der Waals surface area contributed by atoms with Gasteiger partial charge in [-0.15, -0.1) is 4.91 Å². The van der Waals surface area contributed by atoms with Crippen molar-refractivity contribution in [2.24, 2.45) is 17.0 Å². The quantitative estimate of drug-likeness (QED) is 0.812. The van der Waals surface area contributed by atoms with Crippen LogP contribution in [0.2, 0.25) is 0 Å². The van der Waals surface area contributed by atoms with Crippen molar-refractivity contribution in [2.45, 2.75) is 50.9 Å². The minimum Gasteiger partial charge on any atom is -0.387 e. The van der Waals surface area contributed by atoms with Gasteiger partial charge >= 0.3 is 0 Å². The van der Waals surface area contributed by atoms with Crippen LogP contribution in [0.1, 0.15) is 56.3 Å². The summed E-state index contributed by atoms with van der Waals surface area (Å²) in [4.78, 5) is 13.1. The number of hydrogen-bond acceptors (Lipinski definition) is 5. The first kappa shape index (κ1) is 17.5. The molecule has 0 aromatic heterocycles. The van der Waals surface area contributed by atoms with Crippen LogP contribution in [0, 0.1) is 16.7 Å². The maximum atomic E-state index is 10.8. The zero-order valence-electron chi connectivity index (χ0n) is 14.4. The van der Waals surface area contributed by atoms with Gasteiger partial charge in [-0.05, 0) is 55.0 Å². The first-order chi connectivity index (χ1) is 11.5. The van der Waals surface area contributed by atoms with E-state index in [0.29, 0.717) is 12.1 Å². The van der Waals surface area contributed by atoms with Crippen molar-refractivity contribution >= 4 is 0 Å². The van der Waals surface area contributed by atoms with Crippen LogP contribution in [0.3, 0.4) is 0 Å². The molecule has 1 heterocycles. The summed E-state index contributed by atoms with van der Waals surface area (Å²) >= 11 is 0. The van der Waals surface area contributed by atoms with Crippen molar-refractivity contribution in [2.75, 3.05) is 19.6 Å². The summed E-state index contributed by atoms with van der Waals surface area (Å²) < 4.78 is 0. The van der Waals surface area contributed by atoms with Crippen molar-refractivity contribution in [3.05, 3.63) is 40.3 Å². The highest BCUT2D eigenvalue weighted by atomic mass is 16.4. The number of benzene rings is 1. The molecule has 2 N–H and O–H groups in total. The monoisotopic (exact) mass is 332 g/mol. The van der Waals surface area contributed by atoms with Crippen LogP contribution in [-0.4, -0.2) is 34.7 Å². The molecule has 3 rings (SSSR count). The normalized spacial score (nSPS) is 28.6. The Bertz CT molecular complexity index is 575. The van der Waals surface area contributed by atoms with E-state index in [-0.39, 0.29) is 0 Å². The molecule has 4 atom stereocenters. The van der Waals surface area contributed by atoms with Gasteiger partial charge in [-0.3, -0.25) is 0 Å². The van der Waals surface area contributed by atoms with Crippen LogP contribution in [0.5, 0.6) is 0 Å². The Kier molecular flexibility index (Phi) is 5.33. The van der Waals surface area contributed by atoms with Crippen LogP contribution in [-0.2, 0) is 5.72 Å². The van der Waals surface area contributed by atoms with Gasteiger partial charge in [0, 0.05) is 18.7 Å². The molecule has 1 aromatic rings. The first-order valence-electron chi connectivity index (χ1n) is 9.07. The third-order valence-corrected chi connectivity index (χ3v) is 5.80. The largest absolute Gasteiger partial charge is 0.387 e. The van der Waals surface area contributed by atoms with E-state index >= 15 is 0 Å². The maximum absolute atomic E-state index is 10.8. The Labute approximate surface area is 143 Å². The zero-order valence-corrected chi connectivity index (χ0v) is 14.4. The summed E-state index contributed by atoms with van der Waals surface area (Å²) in [5.74, 6) is 1.66. The second kappa shape index (κ2) is 7.30. The van der Waals surface area contributed by atoms with Gasteiger partial charge in [-0.25, -0.2) is 0 Å². The molecule has 0 spiro atoms. The molecule has 2 fully saturated rings. The van der Waals surface area contributed by atoms with E-state index in [9.17, 15) is 15.1 Å². The van der Waals surface area contributed by atoms with Gasteiger partial charge < -0.3 is 15.1 Å². The van der Waals surface area contributed by atoms with Crippen molar-refractivity contribution < 1.29 is 10.2 Å². The van der Waals surface area contributed by atoms with Crippen LogP contribution in [0.4, 0.5) is 0 Å². The Morgan fingerprint density at radius 2 is 2.04 bits per heavy atom. The number of piperidine rings is 1. The molecule has 1 aliphatic heterocycles. The van der Waals surface area contributed by atoms with Gasteiger partial charge in [0.2, 0.25) is 5.72 Å². The van der Waals surface area contributed by atoms with Gasteiger partial charge in [0.1, 0.15) is 0 Å². The Balaban J connectivity index is 1.64. The Morgan fingerprint density at radius 3 is 2.79 bits per heavy atom. The molecule has 1 saturated heterocycles. The van der Waals surface area contributed by atoms with Crippen LogP contribution in [0.25, 0.3) is 0 Å². The van der Waals surface area contributed by atoms with E-state index in [2.05, 4.69) is 10.1 Å². The molecular formula is C19H28N2O3. The summed E-state index contributed by atoms with van der Waals surface area (Å²) in [5.41, 5.74) is -0.613. The molecule has 5 nitrogen and oxygen atoms in total. The smallest absolute Gasteiger partial charge is 0.220 e. The highest BCUT2D eigenvalue weighted by Gasteiger charge is 2.32. The van der Waals surface area contributed by atoms with Gasteiger partial charge in [-0.1, -0.05) is 37.5 Å². The fourth-order valence-electron chi connectivity index (χ4n) is 4.29. The Hall–Kier alpha value is -1.30. The average molecular weight is 332 g/mol. The second-order valence-electron chi connectivity index (χ2n) is 7.61. The fourth-order valence-corrected chi connectivity index (χ4v) is 4.29. The molecule has 24 heavy (non-hydrogen) atoms. The third-order valence-electron chi connectivity index (χ3n) is 5.80. The molecule has 0 amide bonds. The number of nitrogens with zero attached hydrogens (tertiary/aromatic N) is 2. The topological polar surface area (TPSA) is 73.1 Å². The summed E-state index contributed by atoms with van der Waals surface area (Å²) in [6.07, 6.45) is 6.03. The molecule has 0 radical (unpaired) electrons. The van der Waals surface area contributed by atoms with Gasteiger partial charge in [0.05, 0.1) is 6.10 Å². The van der Waals surface area contributed by atoms with Crippen LogP contribution < -0.4 is 0 Å². The van der Waals surface area contributed by atoms with Crippen LogP contribution >= 0.6 is 0 Å². The fraction of sp³-hybridized carbons (Fsp3) is 0.684. The number of likely N-dealkylation sites (tertiary alicyclic amines) is 1. The number of nitroso groups, excluding NO2 is 1. The Morgan fingerprint density at radius 1 is 1.29 bits per heavy atom. The molecule has 132 valence electrons. The molecule has 0 bridgehead atoms. The van der Waals surface area contributed by atoms with Gasteiger partial charge in [-0.2, -0.15) is 0 Å². The van der Waals surface area contributed by atoms with E-state index in [4.69, 9.17) is 0 Å². The van der Waals surface area contributed by atoms with Crippen molar-refractivity contribution in [3.8, 4) is 0 Å². The number of aliphatic hydroxyl groups excluding tert-OH is 1. The summed E-state index contributed by atoms with van der Waals surface area (Å²) in [6, 6.07) is 6.92. The first-order valence-corrected chi connectivity index (χ1v) is 9.07. The lowest BCUT2D eigenvalue weighted by Crippen LogP contribution is -2.43. The van der Waals surface area contributed by atoms with E-state index in [1.54, 1.807) is 18.2 Å². The number of hydrogen-bond donors (Lipinski definition) is 2. The van der Waals surface area contributed by atoms with Crippen LogP contribution in [0.15, 0.2) is 29.4 Å². The number of aliphatic hydroxyl groups is 2. The third kappa shape index (κ3) is 3.85. The van der Waals surface area contributed by atoms with E-state index < -0.39 is 11.8 Å². The van der Waals surface area contributed by atoms with E-state index in [1.807, 2.05) is 6.07 Å². The maximum Gasteiger partial charge on any atom is 0.220 e. The lowest BCUT2D eigenvalue weighted by atomic mass is 9.75. The zero-order chi connectivity index (χ0) is 17.2. The lowest BCUT2D eigenvalue weighted by molar-refractivity contribution is 0.0453. The van der Waals surface area contributed by atoms with E-state index in [1.165, 1.54) is 39.0 Å². The van der Waals surface area contributed by atoms with Crippen molar-refractivity contribution in [1.82, 2.24) is 4.90 Å². The number of rotatable bonds is 5. The average Bonchev–Trinajstić information content (AvgIpc) is 2.61. The molecular weight excluding hydrogens is 304 g/mol. The standard InChI is InChI=1S/C19H28N2O3/c1-19(23,20-24)17-8-4-7-15(11-17)18(22)13-21-10-9-14-5-2-3-6-16(14)12-21/h4,7-8,11,14,16,18,22-23H,2-3,5-6,9-10,12-13H2,1H3. The molecule has 1 aliphatic carbocycles. The predicted molar refractivity (Wildman–Crippen MR) is 93.3 cm³/mol. The van der Waals surface area contributed by atoms with E-state index in [0.717, 1.165) is 30.5 Å². The minimum absolute atomic E-state index is 0.417. The molecule has 1 saturated carbocycles. The highest BCUT2D eigenvalue weighted by Crippen LogP contribution is 2.36. The highest BCUT2D eigenvalue weighted by molar-refractivity contribution is 5.29. The SMILES string of the molecule is CC(O)(N=O)c1cccc(C(O)CN2CCC3CCCCC3C2)c1. The predicted octanol–water partition coefficient (Wildman–Crippen LogP) is 3.16. The minimum atomic E-state index is -1.75. The number of fused-ring (bicyclic) bond motifs is 1. The second-order valence-corrected chi connectivity index (χ2v) is 7.61. The molecule has 5 heteroatoms. The summed E-state index contributed by atoms with van der Waals surface area (Å²) in [5, 5.41) is 23.3. The molecule has 2 aliphatic rings. The molecule has 4 unspecified atom stereocenters.